The molecular formula is C47H26BF24NS. The minimum atomic E-state index is -6.13. The average molecular weight is 1100 g/mol. The molecule has 0 N–H and O–H groups in total. The van der Waals surface area contributed by atoms with Crippen molar-refractivity contribution in [3.8, 4) is 0 Å². The molecule has 6 aromatic carbocycles. The Morgan fingerprint density at radius 2 is 0.581 bits per heavy atom. The molecule has 0 aliphatic heterocycles. The summed E-state index contributed by atoms with van der Waals surface area (Å²) in [5.74, 6) is 0. The lowest BCUT2D eigenvalue weighted by Gasteiger charge is -2.46. The number of fused-ring (bicyclic) bond motifs is 1. The molecule has 74 heavy (non-hydrogen) atoms. The summed E-state index contributed by atoms with van der Waals surface area (Å²) in [7, 11) is 0. The van der Waals surface area contributed by atoms with E-state index in [1.165, 1.54) is 20.8 Å². The fourth-order valence-corrected chi connectivity index (χ4v) is 9.20. The number of para-hydroxylation sites is 1. The summed E-state index contributed by atoms with van der Waals surface area (Å²) in [6.07, 6.45) is -54.8. The Morgan fingerprint density at radius 1 is 0.338 bits per heavy atom. The van der Waals surface area contributed by atoms with Gasteiger partial charge in [0.2, 0.25) is 10.5 Å². The molecule has 0 aliphatic carbocycles. The molecular weight excluding hydrogens is 1080 g/mol. The van der Waals surface area contributed by atoms with Gasteiger partial charge in [0.15, 0.2) is 6.54 Å². The number of hydrogen-bond acceptors (Lipinski definition) is 1. The van der Waals surface area contributed by atoms with Crippen LogP contribution in [0.2, 0.25) is 0 Å². The highest BCUT2D eigenvalue weighted by atomic mass is 32.1. The zero-order chi connectivity index (χ0) is 55.6. The van der Waals surface area contributed by atoms with Crippen molar-refractivity contribution in [2.75, 3.05) is 0 Å². The third-order valence-electron chi connectivity index (χ3n) is 11.4. The molecule has 0 aliphatic rings. The SMILES string of the molecule is Cc1sc2ccccc2[n+]1Cc1ccccc1.FC(F)(F)c1cc([B-](c2cc(C(F)(F)F)cc(C(F)(F)F)c2)(c2cc(C(F)(F)F)cc(C(F)(F)F)c2)c2cc(C(F)(F)F)cc(C(F)(F)F)c2)cc(C(F)(F)F)c1. The van der Waals surface area contributed by atoms with E-state index < -0.39 is 195 Å². The first kappa shape index (κ1) is 56.9. The van der Waals surface area contributed by atoms with Crippen LogP contribution in [-0.4, -0.2) is 6.15 Å². The van der Waals surface area contributed by atoms with Gasteiger partial charge in [-0.1, -0.05) is 102 Å². The molecule has 0 bridgehead atoms. The van der Waals surface area contributed by atoms with Crippen LogP contribution in [0.5, 0.6) is 0 Å². The lowest BCUT2D eigenvalue weighted by molar-refractivity contribution is -0.664. The van der Waals surface area contributed by atoms with Crippen molar-refractivity contribution in [1.29, 1.82) is 0 Å². The summed E-state index contributed by atoms with van der Waals surface area (Å²) in [6, 6.07) is 10.4. The van der Waals surface area contributed by atoms with Crippen molar-refractivity contribution in [3.63, 3.8) is 0 Å². The number of aryl methyl sites for hydroxylation is 1. The Kier molecular flexibility index (Phi) is 14.9. The maximum Gasteiger partial charge on any atom is 0.416 e. The molecule has 1 aromatic heterocycles. The second kappa shape index (κ2) is 19.4. The van der Waals surface area contributed by atoms with Crippen LogP contribution >= 0.6 is 11.3 Å². The fraction of sp³-hybridized carbons (Fsp3) is 0.213. The van der Waals surface area contributed by atoms with Crippen molar-refractivity contribution in [2.45, 2.75) is 62.9 Å². The van der Waals surface area contributed by atoms with Crippen molar-refractivity contribution in [1.82, 2.24) is 0 Å². The highest BCUT2D eigenvalue weighted by Crippen LogP contribution is 2.41. The maximum absolute atomic E-state index is 14.2. The zero-order valence-corrected chi connectivity index (χ0v) is 37.2. The summed E-state index contributed by atoms with van der Waals surface area (Å²) >= 11 is 1.86. The van der Waals surface area contributed by atoms with E-state index in [-0.39, 0.29) is 0 Å². The molecule has 0 fully saturated rings. The van der Waals surface area contributed by atoms with Crippen LogP contribution < -0.4 is 26.4 Å². The summed E-state index contributed by atoms with van der Waals surface area (Å²) < 4.78 is 345. The first-order chi connectivity index (χ1) is 33.6. The van der Waals surface area contributed by atoms with Gasteiger partial charge in [-0.05, 0) is 30.3 Å². The second-order valence-corrected chi connectivity index (χ2v) is 17.6. The van der Waals surface area contributed by atoms with Gasteiger partial charge in [0.1, 0.15) is 10.8 Å². The van der Waals surface area contributed by atoms with Crippen molar-refractivity contribution < 1.29 is 110 Å². The first-order valence-corrected chi connectivity index (χ1v) is 21.2. The average Bonchev–Trinajstić information content (AvgIpc) is 3.58. The lowest BCUT2D eigenvalue weighted by atomic mass is 9.12. The van der Waals surface area contributed by atoms with Gasteiger partial charge in [-0.15, -0.1) is 0 Å². The van der Waals surface area contributed by atoms with Crippen LogP contribution in [-0.2, 0) is 56.0 Å². The second-order valence-electron chi connectivity index (χ2n) is 16.4. The molecule has 1 heterocycles. The molecule has 0 saturated heterocycles. The van der Waals surface area contributed by atoms with Crippen molar-refractivity contribution in [3.05, 3.63) is 182 Å². The van der Waals surface area contributed by atoms with Gasteiger partial charge in [-0.2, -0.15) is 132 Å². The number of aromatic nitrogens is 1. The predicted octanol–water partition coefficient (Wildman–Crippen LogP) is 14.8. The number of thiazole rings is 1. The molecule has 27 heteroatoms. The smallest absolute Gasteiger partial charge is 0.194 e. The van der Waals surface area contributed by atoms with Gasteiger partial charge >= 0.3 is 49.4 Å². The third-order valence-corrected chi connectivity index (χ3v) is 12.5. The van der Waals surface area contributed by atoms with Gasteiger partial charge in [0, 0.05) is 18.6 Å². The Bertz CT molecular complexity index is 2710. The third kappa shape index (κ3) is 12.4. The van der Waals surface area contributed by atoms with E-state index in [4.69, 9.17) is 0 Å². The topological polar surface area (TPSA) is 3.88 Å². The Labute approximate surface area is 404 Å². The molecule has 0 amide bonds. The molecule has 0 radical (unpaired) electrons. The molecule has 7 rings (SSSR count). The molecule has 0 unspecified atom stereocenters. The number of hydrogen-bond donors (Lipinski definition) is 0. The Morgan fingerprint density at radius 3 is 0.838 bits per heavy atom. The number of halogens is 24. The number of alkyl halides is 24. The minimum absolute atomic E-state index is 0.691. The fourth-order valence-electron chi connectivity index (χ4n) is 8.18. The van der Waals surface area contributed by atoms with Gasteiger partial charge in [0.05, 0.1) is 44.5 Å². The highest BCUT2D eigenvalue weighted by molar-refractivity contribution is 7.20. The van der Waals surface area contributed by atoms with Gasteiger partial charge in [-0.3, -0.25) is 0 Å². The van der Waals surface area contributed by atoms with Crippen LogP contribution in [0, 0.1) is 6.92 Å². The number of benzene rings is 6. The van der Waals surface area contributed by atoms with Crippen molar-refractivity contribution in [2.24, 2.45) is 0 Å². The summed E-state index contributed by atoms with van der Waals surface area (Å²) in [6.45, 7) is 3.14. The van der Waals surface area contributed by atoms with Crippen LogP contribution in [0.1, 0.15) is 55.1 Å². The number of nitrogens with zero attached hydrogens (tertiary/aromatic N) is 1. The first-order valence-electron chi connectivity index (χ1n) is 20.4. The molecule has 0 spiro atoms. The standard InChI is InChI=1S/C32H12BF24.C15H14NS/c34-25(35,36)13-1-14(26(37,38)39)6-21(5-13)33(22-7-15(27(40,41)42)2-16(8-22)28(43,44)45,23-9-17(29(46,47)48)3-18(10-23)30(49,50)51)24-11-19(31(52,53)54)4-20(12-24)32(55,56)57;1-12-16(11-13-7-3-2-4-8-13)14-9-5-6-10-15(14)17-12/h1-12H;2-10H,11H2,1H3/q-1;+1. The van der Waals surface area contributed by atoms with E-state index in [0.29, 0.717) is 0 Å². The van der Waals surface area contributed by atoms with Gasteiger partial charge in [-0.25, -0.2) is 0 Å². The summed E-state index contributed by atoms with van der Waals surface area (Å²) in [4.78, 5) is 0. The van der Waals surface area contributed by atoms with E-state index in [1.807, 2.05) is 11.3 Å². The van der Waals surface area contributed by atoms with Crippen LogP contribution in [0.3, 0.4) is 0 Å². The lowest BCUT2D eigenvalue weighted by Crippen LogP contribution is -2.75. The molecule has 0 atom stereocenters. The molecule has 7 aromatic rings. The summed E-state index contributed by atoms with van der Waals surface area (Å²) in [5.41, 5.74) is -27.5. The van der Waals surface area contributed by atoms with E-state index in [2.05, 4.69) is 66.1 Å². The van der Waals surface area contributed by atoms with Crippen LogP contribution in [0.15, 0.2) is 127 Å². The quantitative estimate of drug-likeness (QED) is 0.0888. The monoisotopic (exact) mass is 1100 g/mol. The molecule has 396 valence electrons. The maximum atomic E-state index is 14.2. The number of rotatable bonds is 6. The van der Waals surface area contributed by atoms with Gasteiger partial charge < -0.3 is 0 Å². The largest absolute Gasteiger partial charge is 0.416 e. The Balaban J connectivity index is 0.000000436. The zero-order valence-electron chi connectivity index (χ0n) is 36.3. The minimum Gasteiger partial charge on any atom is -0.194 e. The van der Waals surface area contributed by atoms with Crippen molar-refractivity contribution >= 4 is 49.6 Å². The highest BCUT2D eigenvalue weighted by Gasteiger charge is 2.47. The van der Waals surface area contributed by atoms with E-state index in [9.17, 15) is 105 Å². The van der Waals surface area contributed by atoms with Crippen LogP contribution in [0.25, 0.3) is 10.2 Å². The van der Waals surface area contributed by atoms with E-state index in [1.54, 1.807) is 0 Å². The summed E-state index contributed by atoms with van der Waals surface area (Å²) in [5, 5.41) is 1.36. The van der Waals surface area contributed by atoms with Gasteiger partial charge in [0.25, 0.3) is 0 Å². The van der Waals surface area contributed by atoms with E-state index >= 15 is 0 Å². The predicted molar refractivity (Wildman–Crippen MR) is 222 cm³/mol. The molecule has 1 nitrogen and oxygen atoms in total. The normalized spacial score (nSPS) is 13.5. The Hall–Kier alpha value is -6.41. The van der Waals surface area contributed by atoms with E-state index in [0.717, 1.165) is 6.54 Å². The molecule has 0 saturated carbocycles. The van der Waals surface area contributed by atoms with Crippen LogP contribution in [0.4, 0.5) is 105 Å².